The van der Waals surface area contributed by atoms with Crippen LogP contribution in [0, 0.1) is 0 Å². The molecule has 1 aliphatic heterocycles. The monoisotopic (exact) mass is 329 g/mol. The third-order valence-electron chi connectivity index (χ3n) is 4.39. The van der Waals surface area contributed by atoms with E-state index in [1.165, 1.54) is 10.3 Å². The Kier molecular flexibility index (Phi) is 2.97. The number of hydrogen-bond acceptors (Lipinski definition) is 2. The molecule has 116 valence electrons. The summed E-state index contributed by atoms with van der Waals surface area (Å²) in [7, 11) is 0. The second kappa shape index (κ2) is 5.18. The van der Waals surface area contributed by atoms with Crippen LogP contribution in [0.15, 0.2) is 89.8 Å². The molecule has 3 aromatic carbocycles. The van der Waals surface area contributed by atoms with Gasteiger partial charge in [-0.25, -0.2) is 0 Å². The zero-order valence-electron chi connectivity index (χ0n) is 12.9. The molecule has 3 heteroatoms. The first kappa shape index (κ1) is 13.8. The topological polar surface area (TPSA) is 25.0 Å². The number of ether oxygens (including phenoxy) is 1. The van der Waals surface area contributed by atoms with Crippen LogP contribution in [0.4, 0.5) is 0 Å². The minimum Gasteiger partial charge on any atom is -0.465 e. The van der Waals surface area contributed by atoms with Crippen LogP contribution < -0.4 is 4.74 Å². The summed E-state index contributed by atoms with van der Waals surface area (Å²) >= 11 is 1.75. The third-order valence-corrected chi connectivity index (χ3v) is 5.78. The molecular weight excluding hydrogens is 314 g/mol. The summed E-state index contributed by atoms with van der Waals surface area (Å²) in [5.41, 5.74) is 3.33. The zero-order valence-corrected chi connectivity index (χ0v) is 13.7. The fraction of sp³-hybridized carbons (Fsp3) is 0.0476. The van der Waals surface area contributed by atoms with E-state index in [-0.39, 0.29) is 0 Å². The molecule has 0 radical (unpaired) electrons. The Morgan fingerprint density at radius 3 is 2.38 bits per heavy atom. The number of hydrogen-bond donors (Lipinski definition) is 1. The molecule has 1 atom stereocenters. The van der Waals surface area contributed by atoms with Crippen molar-refractivity contribution in [1.82, 2.24) is 4.98 Å². The standard InChI is InChI=1S/C21H15NOS/c1-2-9-16(10-3-1)21(23-18-12-6-7-13-19(18)24-21)20-14-15-8-4-5-11-17(15)22-20/h1-14,22H. The molecule has 0 spiro atoms. The predicted octanol–water partition coefficient (Wildman–Crippen LogP) is 5.55. The largest absolute Gasteiger partial charge is 0.465 e. The average molecular weight is 329 g/mol. The highest BCUT2D eigenvalue weighted by molar-refractivity contribution is 8.00. The first-order valence-corrected chi connectivity index (χ1v) is 8.78. The molecule has 0 bridgehead atoms. The molecule has 2 nitrogen and oxygen atoms in total. The average Bonchev–Trinajstić information content (AvgIpc) is 3.24. The Hall–Kier alpha value is -2.65. The maximum absolute atomic E-state index is 6.53. The Balaban J connectivity index is 1.74. The van der Waals surface area contributed by atoms with Gasteiger partial charge in [0.25, 0.3) is 0 Å². The summed E-state index contributed by atoms with van der Waals surface area (Å²) in [6, 6.07) is 29.2. The first-order valence-electron chi connectivity index (χ1n) is 7.96. The molecule has 2 heterocycles. The zero-order chi connectivity index (χ0) is 16.0. The Morgan fingerprint density at radius 2 is 1.54 bits per heavy atom. The lowest BCUT2D eigenvalue weighted by Gasteiger charge is -2.27. The van der Waals surface area contributed by atoms with Gasteiger partial charge in [-0.05, 0) is 29.7 Å². The van der Waals surface area contributed by atoms with Crippen LogP contribution in [0.25, 0.3) is 10.9 Å². The van der Waals surface area contributed by atoms with Crippen molar-refractivity contribution in [3.05, 3.63) is 96.2 Å². The Labute approximate surface area is 144 Å². The van der Waals surface area contributed by atoms with E-state index in [1.807, 2.05) is 18.2 Å². The van der Waals surface area contributed by atoms with Gasteiger partial charge in [-0.15, -0.1) is 0 Å². The van der Waals surface area contributed by atoms with Gasteiger partial charge in [-0.1, -0.05) is 72.4 Å². The molecule has 1 N–H and O–H groups in total. The molecule has 1 unspecified atom stereocenters. The van der Waals surface area contributed by atoms with Crippen LogP contribution in [0.5, 0.6) is 5.75 Å². The summed E-state index contributed by atoms with van der Waals surface area (Å²) in [5, 5.41) is 1.20. The fourth-order valence-electron chi connectivity index (χ4n) is 3.24. The SMILES string of the molecule is c1ccc(C2(c3cc4ccccc4[nH]3)Oc3ccccc3S2)cc1. The van der Waals surface area contributed by atoms with Crippen molar-refractivity contribution < 1.29 is 4.74 Å². The number of aromatic amines is 1. The number of aromatic nitrogens is 1. The van der Waals surface area contributed by atoms with Crippen LogP contribution in [-0.4, -0.2) is 4.98 Å². The van der Waals surface area contributed by atoms with E-state index in [1.54, 1.807) is 11.8 Å². The highest BCUT2D eigenvalue weighted by atomic mass is 32.2. The van der Waals surface area contributed by atoms with Crippen molar-refractivity contribution in [2.75, 3.05) is 0 Å². The summed E-state index contributed by atoms with van der Waals surface area (Å²) < 4.78 is 6.53. The number of benzene rings is 3. The molecule has 5 rings (SSSR count). The van der Waals surface area contributed by atoms with Gasteiger partial charge in [-0.3, -0.25) is 0 Å². The van der Waals surface area contributed by atoms with Crippen molar-refractivity contribution in [2.24, 2.45) is 0 Å². The molecule has 0 saturated carbocycles. The fourth-order valence-corrected chi connectivity index (χ4v) is 4.51. The van der Waals surface area contributed by atoms with Gasteiger partial charge in [0.05, 0.1) is 10.6 Å². The van der Waals surface area contributed by atoms with E-state index in [0.29, 0.717) is 0 Å². The number of fused-ring (bicyclic) bond motifs is 2. The lowest BCUT2D eigenvalue weighted by atomic mass is 10.1. The second-order valence-electron chi connectivity index (χ2n) is 5.90. The Bertz CT molecular complexity index is 964. The van der Waals surface area contributed by atoms with Gasteiger partial charge in [0.1, 0.15) is 5.75 Å². The lowest BCUT2D eigenvalue weighted by Crippen LogP contribution is -2.28. The molecule has 0 fully saturated rings. The predicted molar refractivity (Wildman–Crippen MR) is 98.4 cm³/mol. The molecule has 0 saturated heterocycles. The van der Waals surface area contributed by atoms with Gasteiger partial charge < -0.3 is 9.72 Å². The summed E-state index contributed by atoms with van der Waals surface area (Å²) in [6.07, 6.45) is 0. The van der Waals surface area contributed by atoms with Gasteiger partial charge in [0.2, 0.25) is 4.93 Å². The summed E-state index contributed by atoms with van der Waals surface area (Å²) in [5.74, 6) is 0.935. The number of nitrogens with one attached hydrogen (secondary N) is 1. The normalized spacial score (nSPS) is 19.2. The van der Waals surface area contributed by atoms with Crippen molar-refractivity contribution in [2.45, 2.75) is 9.83 Å². The van der Waals surface area contributed by atoms with Crippen molar-refractivity contribution in [3.63, 3.8) is 0 Å². The van der Waals surface area contributed by atoms with E-state index in [4.69, 9.17) is 4.74 Å². The molecule has 24 heavy (non-hydrogen) atoms. The van der Waals surface area contributed by atoms with Gasteiger partial charge in [-0.2, -0.15) is 0 Å². The second-order valence-corrected chi connectivity index (χ2v) is 7.12. The maximum atomic E-state index is 6.53. The first-order chi connectivity index (χ1) is 11.9. The quantitative estimate of drug-likeness (QED) is 0.521. The van der Waals surface area contributed by atoms with E-state index in [2.05, 4.69) is 71.7 Å². The van der Waals surface area contributed by atoms with Crippen molar-refractivity contribution >= 4 is 22.7 Å². The highest BCUT2D eigenvalue weighted by Gasteiger charge is 2.45. The molecular formula is C21H15NOS. The summed E-state index contributed by atoms with van der Waals surface area (Å²) in [6.45, 7) is 0. The molecule has 0 aliphatic carbocycles. The van der Waals surface area contributed by atoms with Gasteiger partial charge >= 0.3 is 0 Å². The number of rotatable bonds is 2. The molecule has 1 aliphatic rings. The molecule has 1 aromatic heterocycles. The van der Waals surface area contributed by atoms with E-state index in [9.17, 15) is 0 Å². The maximum Gasteiger partial charge on any atom is 0.225 e. The molecule has 4 aromatic rings. The number of H-pyrrole nitrogens is 1. The van der Waals surface area contributed by atoms with E-state index < -0.39 is 4.93 Å². The smallest absolute Gasteiger partial charge is 0.225 e. The van der Waals surface area contributed by atoms with Crippen molar-refractivity contribution in [1.29, 1.82) is 0 Å². The van der Waals surface area contributed by atoms with E-state index in [0.717, 1.165) is 22.5 Å². The number of para-hydroxylation sites is 2. The van der Waals surface area contributed by atoms with Gasteiger partial charge in [0.15, 0.2) is 0 Å². The van der Waals surface area contributed by atoms with Crippen LogP contribution in [0.2, 0.25) is 0 Å². The minimum atomic E-state index is -0.579. The van der Waals surface area contributed by atoms with Crippen LogP contribution >= 0.6 is 11.8 Å². The van der Waals surface area contributed by atoms with Crippen LogP contribution in [-0.2, 0) is 4.93 Å². The lowest BCUT2D eigenvalue weighted by molar-refractivity contribution is 0.214. The molecule has 0 amide bonds. The third kappa shape index (κ3) is 1.98. The minimum absolute atomic E-state index is 0.579. The van der Waals surface area contributed by atoms with E-state index >= 15 is 0 Å². The Morgan fingerprint density at radius 1 is 0.792 bits per heavy atom. The highest BCUT2D eigenvalue weighted by Crippen LogP contribution is 2.56. The number of thioether (sulfide) groups is 1. The van der Waals surface area contributed by atoms with Crippen molar-refractivity contribution in [3.8, 4) is 5.75 Å². The summed E-state index contributed by atoms with van der Waals surface area (Å²) in [4.78, 5) is 4.15. The van der Waals surface area contributed by atoms with Crippen LogP contribution in [0.1, 0.15) is 11.3 Å². The van der Waals surface area contributed by atoms with Gasteiger partial charge in [0, 0.05) is 11.1 Å². The van der Waals surface area contributed by atoms with Crippen LogP contribution in [0.3, 0.4) is 0 Å².